The van der Waals surface area contributed by atoms with Crippen molar-refractivity contribution in [2.45, 2.75) is 0 Å². The molecule has 3 aromatic rings. The van der Waals surface area contributed by atoms with Crippen molar-refractivity contribution < 1.29 is 9.18 Å². The van der Waals surface area contributed by atoms with Crippen LogP contribution >= 0.6 is 0 Å². The van der Waals surface area contributed by atoms with Gasteiger partial charge in [0, 0.05) is 44.3 Å². The molecule has 0 spiro atoms. The van der Waals surface area contributed by atoms with Crippen molar-refractivity contribution >= 4 is 23.2 Å². The fourth-order valence-corrected chi connectivity index (χ4v) is 3.17. The molecular weight excluding hydrogens is 357 g/mol. The molecule has 0 unspecified atom stereocenters. The summed E-state index contributed by atoms with van der Waals surface area (Å²) >= 11 is 0. The summed E-state index contributed by atoms with van der Waals surface area (Å²) in [5.41, 5.74) is 1.15. The van der Waals surface area contributed by atoms with Crippen LogP contribution in [0.3, 0.4) is 0 Å². The van der Waals surface area contributed by atoms with Gasteiger partial charge in [0.15, 0.2) is 0 Å². The van der Waals surface area contributed by atoms with E-state index in [0.717, 1.165) is 18.9 Å². The number of amides is 1. The summed E-state index contributed by atoms with van der Waals surface area (Å²) < 4.78 is 13.3. The van der Waals surface area contributed by atoms with E-state index in [2.05, 4.69) is 20.2 Å². The Morgan fingerprint density at radius 3 is 2.50 bits per heavy atom. The largest absolute Gasteiger partial charge is 0.353 e. The zero-order chi connectivity index (χ0) is 19.3. The third-order valence-corrected chi connectivity index (χ3v) is 4.65. The van der Waals surface area contributed by atoms with Gasteiger partial charge in [-0.15, -0.1) is 0 Å². The molecule has 1 aliphatic rings. The Bertz CT molecular complexity index is 941. The van der Waals surface area contributed by atoms with Crippen LogP contribution in [0.15, 0.2) is 67.0 Å². The molecule has 0 aliphatic carbocycles. The number of halogens is 1. The van der Waals surface area contributed by atoms with E-state index in [9.17, 15) is 9.18 Å². The quantitative estimate of drug-likeness (QED) is 0.756. The van der Waals surface area contributed by atoms with Crippen LogP contribution in [0.25, 0.3) is 0 Å². The van der Waals surface area contributed by atoms with E-state index in [0.29, 0.717) is 30.2 Å². The maximum absolute atomic E-state index is 13.3. The third-order valence-electron chi connectivity index (χ3n) is 4.65. The highest BCUT2D eigenvalue weighted by Gasteiger charge is 2.22. The first kappa shape index (κ1) is 17.9. The molecule has 4 rings (SSSR count). The summed E-state index contributed by atoms with van der Waals surface area (Å²) in [4.78, 5) is 25.4. The number of rotatable bonds is 4. The van der Waals surface area contributed by atoms with Gasteiger partial charge in [-0.3, -0.25) is 4.79 Å². The van der Waals surface area contributed by atoms with Gasteiger partial charge in [-0.05, 0) is 42.5 Å². The molecule has 2 aromatic heterocycles. The van der Waals surface area contributed by atoms with Crippen molar-refractivity contribution in [2.24, 2.45) is 0 Å². The third kappa shape index (κ3) is 4.09. The molecule has 0 saturated carbocycles. The Morgan fingerprint density at radius 2 is 1.82 bits per heavy atom. The molecule has 1 saturated heterocycles. The Kier molecular flexibility index (Phi) is 5.14. The number of anilines is 3. The number of piperazine rings is 1. The molecule has 1 fully saturated rings. The topological polar surface area (TPSA) is 61.4 Å². The number of benzene rings is 1. The molecule has 142 valence electrons. The fourth-order valence-electron chi connectivity index (χ4n) is 3.17. The monoisotopic (exact) mass is 377 g/mol. The molecule has 1 amide bonds. The number of nitrogens with zero attached hydrogens (tertiary/aromatic N) is 4. The molecule has 0 bridgehead atoms. The molecule has 28 heavy (non-hydrogen) atoms. The number of pyridine rings is 2. The molecule has 7 heteroatoms. The summed E-state index contributed by atoms with van der Waals surface area (Å²) in [5, 5.41) is 3.02. The first-order valence-electron chi connectivity index (χ1n) is 9.13. The van der Waals surface area contributed by atoms with Gasteiger partial charge in [0.2, 0.25) is 0 Å². The van der Waals surface area contributed by atoms with Gasteiger partial charge in [-0.1, -0.05) is 12.1 Å². The molecule has 3 heterocycles. The van der Waals surface area contributed by atoms with Gasteiger partial charge in [0.1, 0.15) is 17.5 Å². The van der Waals surface area contributed by atoms with Gasteiger partial charge >= 0.3 is 0 Å². The number of hydrogen-bond acceptors (Lipinski definition) is 5. The molecule has 6 nitrogen and oxygen atoms in total. The normalized spacial score (nSPS) is 14.0. The van der Waals surface area contributed by atoms with Crippen LogP contribution in [-0.4, -0.2) is 47.0 Å². The predicted octanol–water partition coefficient (Wildman–Crippen LogP) is 3.32. The average molecular weight is 377 g/mol. The molecule has 0 radical (unpaired) electrons. The average Bonchev–Trinajstić information content (AvgIpc) is 2.75. The predicted molar refractivity (Wildman–Crippen MR) is 106 cm³/mol. The SMILES string of the molecule is O=C(c1ccc(Nc2cccc(F)c2)nc1)N1CCN(c2ccccn2)CC1. The van der Waals surface area contributed by atoms with E-state index in [1.54, 1.807) is 36.7 Å². The van der Waals surface area contributed by atoms with Gasteiger partial charge in [0.05, 0.1) is 5.56 Å². The lowest BCUT2D eigenvalue weighted by Gasteiger charge is -2.35. The fraction of sp³-hybridized carbons (Fsp3) is 0.190. The van der Waals surface area contributed by atoms with Gasteiger partial charge in [-0.25, -0.2) is 14.4 Å². The smallest absolute Gasteiger partial charge is 0.255 e. The summed E-state index contributed by atoms with van der Waals surface area (Å²) in [7, 11) is 0. The van der Waals surface area contributed by atoms with E-state index >= 15 is 0 Å². The van der Waals surface area contributed by atoms with Crippen molar-refractivity contribution in [1.82, 2.24) is 14.9 Å². The number of hydrogen-bond donors (Lipinski definition) is 1. The first-order chi connectivity index (χ1) is 13.7. The van der Waals surface area contributed by atoms with E-state index in [1.807, 2.05) is 23.1 Å². The minimum Gasteiger partial charge on any atom is -0.353 e. The lowest BCUT2D eigenvalue weighted by Crippen LogP contribution is -2.49. The van der Waals surface area contributed by atoms with E-state index < -0.39 is 0 Å². The van der Waals surface area contributed by atoms with Crippen LogP contribution in [0.2, 0.25) is 0 Å². The van der Waals surface area contributed by atoms with Crippen molar-refractivity contribution in [3.63, 3.8) is 0 Å². The van der Waals surface area contributed by atoms with Gasteiger partial charge < -0.3 is 15.1 Å². The summed E-state index contributed by atoms with van der Waals surface area (Å²) in [6, 6.07) is 15.4. The lowest BCUT2D eigenvalue weighted by atomic mass is 10.2. The number of aromatic nitrogens is 2. The highest BCUT2D eigenvalue weighted by atomic mass is 19.1. The van der Waals surface area contributed by atoms with Gasteiger partial charge in [-0.2, -0.15) is 0 Å². The van der Waals surface area contributed by atoms with Crippen LogP contribution in [0.4, 0.5) is 21.7 Å². The number of nitrogens with one attached hydrogen (secondary N) is 1. The Balaban J connectivity index is 1.36. The minimum atomic E-state index is -0.318. The molecular formula is C21H20FN5O. The molecule has 1 aliphatic heterocycles. The highest BCUT2D eigenvalue weighted by Crippen LogP contribution is 2.17. The van der Waals surface area contributed by atoms with Crippen LogP contribution in [0, 0.1) is 5.82 Å². The van der Waals surface area contributed by atoms with Crippen molar-refractivity contribution in [3.8, 4) is 0 Å². The maximum Gasteiger partial charge on any atom is 0.255 e. The molecule has 1 aromatic carbocycles. The lowest BCUT2D eigenvalue weighted by molar-refractivity contribution is 0.0746. The van der Waals surface area contributed by atoms with Gasteiger partial charge in [0.25, 0.3) is 5.91 Å². The summed E-state index contributed by atoms with van der Waals surface area (Å²) in [6.45, 7) is 2.77. The zero-order valence-corrected chi connectivity index (χ0v) is 15.3. The second-order valence-corrected chi connectivity index (χ2v) is 6.53. The second-order valence-electron chi connectivity index (χ2n) is 6.53. The zero-order valence-electron chi connectivity index (χ0n) is 15.3. The van der Waals surface area contributed by atoms with Crippen LogP contribution in [-0.2, 0) is 0 Å². The molecule has 0 atom stereocenters. The first-order valence-corrected chi connectivity index (χ1v) is 9.13. The second kappa shape index (κ2) is 8.04. The molecule has 1 N–H and O–H groups in total. The number of carbonyl (C=O) groups excluding carboxylic acids is 1. The maximum atomic E-state index is 13.3. The van der Waals surface area contributed by atoms with E-state index in [-0.39, 0.29) is 11.7 Å². The van der Waals surface area contributed by atoms with Crippen molar-refractivity contribution in [2.75, 3.05) is 36.4 Å². The van der Waals surface area contributed by atoms with Crippen LogP contribution in [0.5, 0.6) is 0 Å². The standard InChI is InChI=1S/C21H20FN5O/c22-17-4-3-5-18(14-17)25-19-8-7-16(15-24-19)21(28)27-12-10-26(11-13-27)20-6-1-2-9-23-20/h1-9,14-15H,10-13H2,(H,24,25). The van der Waals surface area contributed by atoms with Crippen molar-refractivity contribution in [1.29, 1.82) is 0 Å². The van der Waals surface area contributed by atoms with Crippen molar-refractivity contribution in [3.05, 3.63) is 78.4 Å². The Morgan fingerprint density at radius 1 is 0.964 bits per heavy atom. The summed E-state index contributed by atoms with van der Waals surface area (Å²) in [6.07, 6.45) is 3.33. The van der Waals surface area contributed by atoms with E-state index in [1.165, 1.54) is 12.1 Å². The van der Waals surface area contributed by atoms with Crippen LogP contribution in [0.1, 0.15) is 10.4 Å². The minimum absolute atomic E-state index is 0.0366. The van der Waals surface area contributed by atoms with E-state index in [4.69, 9.17) is 0 Å². The Labute approximate surface area is 162 Å². The Hall–Kier alpha value is -3.48. The van der Waals surface area contributed by atoms with Crippen LogP contribution < -0.4 is 10.2 Å². The summed E-state index contributed by atoms with van der Waals surface area (Å²) in [5.74, 6) is 1.14. The number of carbonyl (C=O) groups is 1. The highest BCUT2D eigenvalue weighted by molar-refractivity contribution is 5.94.